The first-order valence-electron chi connectivity index (χ1n) is 7.96. The lowest BCUT2D eigenvalue weighted by Crippen LogP contribution is -2.54. The van der Waals surface area contributed by atoms with Gasteiger partial charge in [-0.1, -0.05) is 31.5 Å². The van der Waals surface area contributed by atoms with Gasteiger partial charge in [-0.25, -0.2) is 0 Å². The fraction of sp³-hybridized carbons (Fsp3) is 0.278. The number of amides is 2. The van der Waals surface area contributed by atoms with Crippen molar-refractivity contribution in [3.05, 3.63) is 41.6 Å². The van der Waals surface area contributed by atoms with Crippen LogP contribution in [0.5, 0.6) is 0 Å². The molecule has 0 aliphatic carbocycles. The topological polar surface area (TPSA) is 54.3 Å². The molecule has 2 heterocycles. The largest absolute Gasteiger partial charge is 0.350 e. The number of thiocarbonyl (C=S) groups is 1. The Labute approximate surface area is 145 Å². The van der Waals surface area contributed by atoms with Gasteiger partial charge in [-0.3, -0.25) is 19.8 Å². The van der Waals surface area contributed by atoms with Crippen molar-refractivity contribution < 1.29 is 9.59 Å². The molecule has 6 heteroatoms. The zero-order chi connectivity index (χ0) is 17.3. The van der Waals surface area contributed by atoms with Gasteiger partial charge < -0.3 is 4.57 Å². The van der Waals surface area contributed by atoms with E-state index in [1.807, 2.05) is 49.0 Å². The zero-order valence-corrected chi connectivity index (χ0v) is 14.5. The van der Waals surface area contributed by atoms with Gasteiger partial charge in [0.2, 0.25) is 0 Å². The van der Waals surface area contributed by atoms with Crippen LogP contribution in [0.25, 0.3) is 17.0 Å². The number of carbonyl (C=O) groups excluding carboxylic acids is 2. The van der Waals surface area contributed by atoms with Gasteiger partial charge in [0.1, 0.15) is 5.57 Å². The third-order valence-corrected chi connectivity index (χ3v) is 4.47. The van der Waals surface area contributed by atoms with Crippen LogP contribution in [0.15, 0.2) is 36.0 Å². The van der Waals surface area contributed by atoms with Gasteiger partial charge in [-0.15, -0.1) is 0 Å². The van der Waals surface area contributed by atoms with Crippen molar-refractivity contribution in [1.82, 2.24) is 14.8 Å². The molecule has 0 unspecified atom stereocenters. The minimum absolute atomic E-state index is 0.121. The van der Waals surface area contributed by atoms with Gasteiger partial charge in [0.05, 0.1) is 0 Å². The molecule has 1 saturated heterocycles. The maximum atomic E-state index is 12.7. The number of hydrogen-bond donors (Lipinski definition) is 1. The zero-order valence-electron chi connectivity index (χ0n) is 13.7. The lowest BCUT2D eigenvalue weighted by Gasteiger charge is -2.28. The summed E-state index contributed by atoms with van der Waals surface area (Å²) < 4.78 is 1.98. The molecule has 1 aromatic carbocycles. The fourth-order valence-corrected chi connectivity index (χ4v) is 3.12. The van der Waals surface area contributed by atoms with E-state index in [1.54, 1.807) is 6.08 Å². The average Bonchev–Trinajstić information content (AvgIpc) is 2.88. The van der Waals surface area contributed by atoms with E-state index in [0.29, 0.717) is 6.54 Å². The molecule has 0 bridgehead atoms. The van der Waals surface area contributed by atoms with Crippen molar-refractivity contribution in [1.29, 1.82) is 0 Å². The number of aryl methyl sites for hydroxylation is 1. The molecule has 5 nitrogen and oxygen atoms in total. The van der Waals surface area contributed by atoms with Gasteiger partial charge in [-0.05, 0) is 30.8 Å². The van der Waals surface area contributed by atoms with Gasteiger partial charge in [0.25, 0.3) is 11.8 Å². The summed E-state index contributed by atoms with van der Waals surface area (Å²) in [5.41, 5.74) is 2.01. The number of carbonyl (C=O) groups is 2. The standard InChI is InChI=1S/C18H19N3O2S/c1-3-4-9-21-17(23)14(16(22)19-18(21)24)10-12-11-20(2)15-8-6-5-7-13(12)15/h5-8,10-11H,3-4,9H2,1-2H3,(H,19,22,24)/b14-10-. The van der Waals surface area contributed by atoms with Gasteiger partial charge >= 0.3 is 0 Å². The number of rotatable bonds is 4. The van der Waals surface area contributed by atoms with Crippen LogP contribution in [0.1, 0.15) is 25.3 Å². The summed E-state index contributed by atoms with van der Waals surface area (Å²) in [5, 5.41) is 3.81. The third kappa shape index (κ3) is 2.85. The van der Waals surface area contributed by atoms with Crippen molar-refractivity contribution in [2.24, 2.45) is 7.05 Å². The first-order valence-corrected chi connectivity index (χ1v) is 8.36. The molecule has 24 heavy (non-hydrogen) atoms. The molecule has 2 amide bonds. The second-order valence-electron chi connectivity index (χ2n) is 5.84. The number of nitrogens with zero attached hydrogens (tertiary/aromatic N) is 2. The van der Waals surface area contributed by atoms with Crippen molar-refractivity contribution in [2.45, 2.75) is 19.8 Å². The normalized spacial score (nSPS) is 17.0. The number of benzene rings is 1. The molecule has 0 atom stereocenters. The highest BCUT2D eigenvalue weighted by Gasteiger charge is 2.33. The molecule has 1 N–H and O–H groups in total. The summed E-state index contributed by atoms with van der Waals surface area (Å²) in [6.45, 7) is 2.56. The monoisotopic (exact) mass is 341 g/mol. The summed E-state index contributed by atoms with van der Waals surface area (Å²) in [4.78, 5) is 26.4. The van der Waals surface area contributed by atoms with Crippen LogP contribution in [0.2, 0.25) is 0 Å². The number of para-hydroxylation sites is 1. The molecule has 1 fully saturated rings. The lowest BCUT2D eigenvalue weighted by atomic mass is 10.1. The highest BCUT2D eigenvalue weighted by atomic mass is 32.1. The van der Waals surface area contributed by atoms with Gasteiger partial charge in [0.15, 0.2) is 5.11 Å². The average molecular weight is 341 g/mol. The number of nitrogens with one attached hydrogen (secondary N) is 1. The SMILES string of the molecule is CCCCN1C(=O)/C(=C\c2cn(C)c3ccccc23)C(=O)NC1=S. The minimum atomic E-state index is -0.439. The molecule has 124 valence electrons. The molecule has 3 rings (SSSR count). The smallest absolute Gasteiger partial charge is 0.265 e. The molecule has 0 spiro atoms. The van der Waals surface area contributed by atoms with E-state index < -0.39 is 5.91 Å². The van der Waals surface area contributed by atoms with Crippen LogP contribution in [-0.4, -0.2) is 32.9 Å². The lowest BCUT2D eigenvalue weighted by molar-refractivity contribution is -0.128. The van der Waals surface area contributed by atoms with Crippen molar-refractivity contribution in [3.63, 3.8) is 0 Å². The quantitative estimate of drug-likeness (QED) is 0.528. The Kier molecular flexibility index (Phi) is 4.49. The van der Waals surface area contributed by atoms with Crippen LogP contribution in [0, 0.1) is 0 Å². The van der Waals surface area contributed by atoms with Crippen molar-refractivity contribution >= 4 is 46.1 Å². The fourth-order valence-electron chi connectivity index (χ4n) is 2.86. The van der Waals surface area contributed by atoms with E-state index in [9.17, 15) is 9.59 Å². The molecule has 1 aliphatic rings. The third-order valence-electron chi connectivity index (χ3n) is 4.15. The Morgan fingerprint density at radius 2 is 2.00 bits per heavy atom. The maximum absolute atomic E-state index is 12.7. The number of unbranched alkanes of at least 4 members (excludes halogenated alkanes) is 1. The first-order chi connectivity index (χ1) is 11.5. The summed E-state index contributed by atoms with van der Waals surface area (Å²) in [6, 6.07) is 7.88. The highest BCUT2D eigenvalue weighted by Crippen LogP contribution is 2.24. The summed E-state index contributed by atoms with van der Waals surface area (Å²) in [5.74, 6) is -0.768. The number of hydrogen-bond acceptors (Lipinski definition) is 3. The Bertz CT molecular complexity index is 866. The van der Waals surface area contributed by atoms with E-state index in [1.165, 1.54) is 4.90 Å². The van der Waals surface area contributed by atoms with E-state index in [-0.39, 0.29) is 16.6 Å². The molecule has 2 aromatic rings. The molecular weight excluding hydrogens is 322 g/mol. The number of aromatic nitrogens is 1. The molecule has 0 saturated carbocycles. The van der Waals surface area contributed by atoms with Gasteiger partial charge in [0, 0.05) is 36.3 Å². The second kappa shape index (κ2) is 6.57. The van der Waals surface area contributed by atoms with E-state index >= 15 is 0 Å². The van der Waals surface area contributed by atoms with Crippen molar-refractivity contribution in [2.75, 3.05) is 6.54 Å². The van der Waals surface area contributed by atoms with Crippen LogP contribution in [0.4, 0.5) is 0 Å². The van der Waals surface area contributed by atoms with Crippen LogP contribution < -0.4 is 5.32 Å². The molecule has 1 aromatic heterocycles. The van der Waals surface area contributed by atoms with E-state index in [2.05, 4.69) is 5.32 Å². The van der Waals surface area contributed by atoms with Crippen LogP contribution in [-0.2, 0) is 16.6 Å². The number of fused-ring (bicyclic) bond motifs is 1. The van der Waals surface area contributed by atoms with Crippen LogP contribution in [0.3, 0.4) is 0 Å². The predicted octanol–water partition coefficient (Wildman–Crippen LogP) is 2.61. The Morgan fingerprint density at radius 3 is 2.75 bits per heavy atom. The Balaban J connectivity index is 2.02. The first kappa shape index (κ1) is 16.4. The summed E-state index contributed by atoms with van der Waals surface area (Å²) in [7, 11) is 1.94. The molecule has 1 aliphatic heterocycles. The van der Waals surface area contributed by atoms with Gasteiger partial charge in [-0.2, -0.15) is 0 Å². The van der Waals surface area contributed by atoms with Crippen LogP contribution >= 0.6 is 12.2 Å². The Morgan fingerprint density at radius 1 is 1.25 bits per heavy atom. The minimum Gasteiger partial charge on any atom is -0.350 e. The molecule has 0 radical (unpaired) electrons. The Hall–Kier alpha value is -2.47. The van der Waals surface area contributed by atoms with E-state index in [4.69, 9.17) is 12.2 Å². The highest BCUT2D eigenvalue weighted by molar-refractivity contribution is 7.80. The summed E-state index contributed by atoms with van der Waals surface area (Å²) in [6.07, 6.45) is 5.36. The van der Waals surface area contributed by atoms with Crippen molar-refractivity contribution in [3.8, 4) is 0 Å². The summed E-state index contributed by atoms with van der Waals surface area (Å²) >= 11 is 5.14. The molecular formula is C18H19N3O2S. The second-order valence-corrected chi connectivity index (χ2v) is 6.23. The maximum Gasteiger partial charge on any atom is 0.265 e. The predicted molar refractivity (Wildman–Crippen MR) is 98.3 cm³/mol. The van der Waals surface area contributed by atoms with E-state index in [0.717, 1.165) is 29.3 Å².